The van der Waals surface area contributed by atoms with Crippen LogP contribution in [0, 0.1) is 11.8 Å². The zero-order valence-electron chi connectivity index (χ0n) is 12.6. The van der Waals surface area contributed by atoms with E-state index in [4.69, 9.17) is 0 Å². The summed E-state index contributed by atoms with van der Waals surface area (Å²) in [5.41, 5.74) is 1.00. The molecule has 1 saturated carbocycles. The fourth-order valence-electron chi connectivity index (χ4n) is 2.68. The Morgan fingerprint density at radius 2 is 2.15 bits per heavy atom. The third kappa shape index (κ3) is 4.03. The maximum absolute atomic E-state index is 12.2. The highest BCUT2D eigenvalue weighted by Crippen LogP contribution is 2.29. The molecule has 112 valence electrons. The van der Waals surface area contributed by atoms with Gasteiger partial charge in [-0.1, -0.05) is 13.8 Å². The monoisotopic (exact) mass is 295 g/mol. The van der Waals surface area contributed by atoms with Gasteiger partial charge in [-0.3, -0.25) is 4.79 Å². The summed E-state index contributed by atoms with van der Waals surface area (Å²) in [5, 5.41) is 9.06. The highest BCUT2D eigenvalue weighted by Gasteiger charge is 2.25. The van der Waals surface area contributed by atoms with Gasteiger partial charge in [-0.15, -0.1) is 11.3 Å². The standard InChI is InChI=1S/C15H25N3OS/c1-4-16-11(3)13-9-20-15(17-13)18-14(19)12-7-5-10(2)6-8-12/h9-12,16H,4-8H2,1-3H3,(H,17,18,19). The van der Waals surface area contributed by atoms with Crippen molar-refractivity contribution in [3.05, 3.63) is 11.1 Å². The van der Waals surface area contributed by atoms with Gasteiger partial charge in [0.2, 0.25) is 5.91 Å². The Morgan fingerprint density at radius 3 is 2.80 bits per heavy atom. The highest BCUT2D eigenvalue weighted by atomic mass is 32.1. The molecule has 1 atom stereocenters. The summed E-state index contributed by atoms with van der Waals surface area (Å²) in [6.45, 7) is 7.35. The zero-order valence-corrected chi connectivity index (χ0v) is 13.4. The van der Waals surface area contributed by atoms with Crippen molar-refractivity contribution in [2.75, 3.05) is 11.9 Å². The third-order valence-corrected chi connectivity index (χ3v) is 4.87. The van der Waals surface area contributed by atoms with Crippen molar-refractivity contribution < 1.29 is 4.79 Å². The second kappa shape index (κ2) is 7.18. The number of carbonyl (C=O) groups is 1. The fraction of sp³-hybridized carbons (Fsp3) is 0.733. The second-order valence-electron chi connectivity index (χ2n) is 5.80. The number of hydrogen-bond donors (Lipinski definition) is 2. The maximum Gasteiger partial charge on any atom is 0.229 e. The molecule has 20 heavy (non-hydrogen) atoms. The summed E-state index contributed by atoms with van der Waals surface area (Å²) in [5.74, 6) is 1.09. The number of aromatic nitrogens is 1. The molecule has 1 aromatic heterocycles. The Kier molecular flexibility index (Phi) is 5.54. The number of thiazole rings is 1. The van der Waals surface area contributed by atoms with Crippen LogP contribution in [0.25, 0.3) is 0 Å². The highest BCUT2D eigenvalue weighted by molar-refractivity contribution is 7.13. The van der Waals surface area contributed by atoms with Crippen LogP contribution in [0.2, 0.25) is 0 Å². The Morgan fingerprint density at radius 1 is 1.45 bits per heavy atom. The number of nitrogens with zero attached hydrogens (tertiary/aromatic N) is 1. The summed E-state index contributed by atoms with van der Waals surface area (Å²) in [4.78, 5) is 16.7. The van der Waals surface area contributed by atoms with Crippen LogP contribution in [0.5, 0.6) is 0 Å². The van der Waals surface area contributed by atoms with Crippen molar-refractivity contribution in [3.8, 4) is 0 Å². The molecule has 4 nitrogen and oxygen atoms in total. The lowest BCUT2D eigenvalue weighted by molar-refractivity contribution is -0.121. The number of anilines is 1. The van der Waals surface area contributed by atoms with Crippen LogP contribution in [0.1, 0.15) is 58.2 Å². The normalized spacial score (nSPS) is 24.4. The van der Waals surface area contributed by atoms with Gasteiger partial charge in [0, 0.05) is 17.3 Å². The number of nitrogens with one attached hydrogen (secondary N) is 2. The van der Waals surface area contributed by atoms with E-state index >= 15 is 0 Å². The molecule has 1 aliphatic rings. The first-order valence-electron chi connectivity index (χ1n) is 7.59. The van der Waals surface area contributed by atoms with Crippen molar-refractivity contribution in [1.29, 1.82) is 0 Å². The van der Waals surface area contributed by atoms with Crippen molar-refractivity contribution in [2.24, 2.45) is 11.8 Å². The smallest absolute Gasteiger partial charge is 0.229 e. The van der Waals surface area contributed by atoms with Crippen LogP contribution >= 0.6 is 11.3 Å². The molecule has 0 aliphatic heterocycles. The van der Waals surface area contributed by atoms with Crippen LogP contribution in [-0.4, -0.2) is 17.4 Å². The molecule has 1 heterocycles. The lowest BCUT2D eigenvalue weighted by atomic mass is 9.82. The van der Waals surface area contributed by atoms with Gasteiger partial charge in [-0.25, -0.2) is 4.98 Å². The van der Waals surface area contributed by atoms with E-state index in [9.17, 15) is 4.79 Å². The van der Waals surface area contributed by atoms with Crippen LogP contribution < -0.4 is 10.6 Å². The molecule has 2 rings (SSSR count). The van der Waals surface area contributed by atoms with Crippen LogP contribution in [0.3, 0.4) is 0 Å². The number of carbonyl (C=O) groups excluding carboxylic acids is 1. The lowest BCUT2D eigenvalue weighted by Gasteiger charge is -2.24. The number of rotatable bonds is 5. The Balaban J connectivity index is 1.88. The van der Waals surface area contributed by atoms with Gasteiger partial charge in [0.1, 0.15) is 0 Å². The summed E-state index contributed by atoms with van der Waals surface area (Å²) in [6.07, 6.45) is 4.36. The molecule has 0 bridgehead atoms. The first-order valence-corrected chi connectivity index (χ1v) is 8.47. The molecule has 1 amide bonds. The first-order chi connectivity index (χ1) is 9.60. The van der Waals surface area contributed by atoms with Gasteiger partial charge in [0.05, 0.1) is 5.69 Å². The van der Waals surface area contributed by atoms with Crippen molar-refractivity contribution >= 4 is 22.4 Å². The molecule has 5 heteroatoms. The largest absolute Gasteiger partial charge is 0.309 e. The minimum absolute atomic E-state index is 0.147. The van der Waals surface area contributed by atoms with Gasteiger partial charge < -0.3 is 10.6 Å². The van der Waals surface area contributed by atoms with Gasteiger partial charge in [0.25, 0.3) is 0 Å². The van der Waals surface area contributed by atoms with Crippen LogP contribution in [-0.2, 0) is 4.79 Å². The number of amides is 1. The molecule has 1 aliphatic carbocycles. The lowest BCUT2D eigenvalue weighted by Crippen LogP contribution is -2.26. The predicted octanol–water partition coefficient (Wildman–Crippen LogP) is 3.58. The Labute approximate surface area is 125 Å². The number of hydrogen-bond acceptors (Lipinski definition) is 4. The average molecular weight is 295 g/mol. The van der Waals surface area contributed by atoms with Gasteiger partial charge >= 0.3 is 0 Å². The minimum Gasteiger partial charge on any atom is -0.309 e. The molecular weight excluding hydrogens is 270 g/mol. The molecule has 0 spiro atoms. The van der Waals surface area contributed by atoms with E-state index in [1.807, 2.05) is 5.38 Å². The van der Waals surface area contributed by atoms with E-state index < -0.39 is 0 Å². The summed E-state index contributed by atoms with van der Waals surface area (Å²) in [6, 6.07) is 0.234. The average Bonchev–Trinajstić information content (AvgIpc) is 2.88. The summed E-state index contributed by atoms with van der Waals surface area (Å²) in [7, 11) is 0. The van der Waals surface area contributed by atoms with E-state index in [0.29, 0.717) is 0 Å². The van der Waals surface area contributed by atoms with Crippen LogP contribution in [0.4, 0.5) is 5.13 Å². The minimum atomic E-state index is 0.147. The van der Waals surface area contributed by atoms with Crippen LogP contribution in [0.15, 0.2) is 5.38 Å². The third-order valence-electron chi connectivity index (χ3n) is 4.09. The zero-order chi connectivity index (χ0) is 14.5. The summed E-state index contributed by atoms with van der Waals surface area (Å²) >= 11 is 1.51. The van der Waals surface area contributed by atoms with Gasteiger partial charge in [-0.05, 0) is 45.1 Å². The molecule has 0 aromatic carbocycles. The quantitative estimate of drug-likeness (QED) is 0.873. The predicted molar refractivity (Wildman–Crippen MR) is 84.0 cm³/mol. The molecule has 0 radical (unpaired) electrons. The molecule has 1 unspecified atom stereocenters. The molecule has 1 aromatic rings. The van der Waals surface area contributed by atoms with E-state index in [2.05, 4.69) is 36.4 Å². The Hall–Kier alpha value is -0.940. The van der Waals surface area contributed by atoms with Crippen molar-refractivity contribution in [1.82, 2.24) is 10.3 Å². The van der Waals surface area contributed by atoms with E-state index in [1.54, 1.807) is 0 Å². The molecular formula is C15H25N3OS. The van der Waals surface area contributed by atoms with Crippen molar-refractivity contribution in [3.63, 3.8) is 0 Å². The molecule has 0 saturated heterocycles. The molecule has 1 fully saturated rings. The second-order valence-corrected chi connectivity index (χ2v) is 6.66. The molecule has 2 N–H and O–H groups in total. The van der Waals surface area contributed by atoms with Crippen molar-refractivity contribution in [2.45, 2.75) is 52.5 Å². The summed E-state index contributed by atoms with van der Waals surface area (Å²) < 4.78 is 0. The van der Waals surface area contributed by atoms with E-state index in [0.717, 1.165) is 36.1 Å². The maximum atomic E-state index is 12.2. The van der Waals surface area contributed by atoms with E-state index in [1.165, 1.54) is 24.2 Å². The topological polar surface area (TPSA) is 54.0 Å². The Bertz CT molecular complexity index is 438. The van der Waals surface area contributed by atoms with E-state index in [-0.39, 0.29) is 17.9 Å². The first kappa shape index (κ1) is 15.4. The van der Waals surface area contributed by atoms with Gasteiger partial charge in [-0.2, -0.15) is 0 Å². The SMILES string of the molecule is CCNC(C)c1csc(NC(=O)C2CCC(C)CC2)n1. The fourth-order valence-corrected chi connectivity index (χ4v) is 3.49. The van der Waals surface area contributed by atoms with Gasteiger partial charge in [0.15, 0.2) is 5.13 Å².